The van der Waals surface area contributed by atoms with Gasteiger partial charge in [-0.25, -0.2) is 0 Å². The average Bonchev–Trinajstić information content (AvgIpc) is 2.42. The molecule has 0 amide bonds. The molecule has 2 aromatic carbocycles. The monoisotopic (exact) mass is 289 g/mol. The van der Waals surface area contributed by atoms with Crippen molar-refractivity contribution in [2.24, 2.45) is 0 Å². The van der Waals surface area contributed by atoms with Crippen molar-refractivity contribution < 1.29 is 5.11 Å². The van der Waals surface area contributed by atoms with Gasteiger partial charge in [0.25, 0.3) is 0 Å². The molecule has 0 radical (unpaired) electrons. The van der Waals surface area contributed by atoms with Crippen LogP contribution in [0.25, 0.3) is 0 Å². The van der Waals surface area contributed by atoms with E-state index in [9.17, 15) is 5.11 Å². The lowest BCUT2D eigenvalue weighted by Crippen LogP contribution is -2.22. The molecule has 106 valence electrons. The maximum absolute atomic E-state index is 9.57. The van der Waals surface area contributed by atoms with E-state index < -0.39 is 0 Å². The minimum atomic E-state index is 0.251. The summed E-state index contributed by atoms with van der Waals surface area (Å²) >= 11 is 6.18. The summed E-state index contributed by atoms with van der Waals surface area (Å²) in [5.41, 5.74) is 3.54. The van der Waals surface area contributed by atoms with Gasteiger partial charge in [-0.2, -0.15) is 0 Å². The third-order valence-corrected chi connectivity index (χ3v) is 4.12. The van der Waals surface area contributed by atoms with E-state index in [1.54, 1.807) is 18.2 Å². The summed E-state index contributed by atoms with van der Waals surface area (Å²) in [5, 5.41) is 10.3. The van der Waals surface area contributed by atoms with Crippen molar-refractivity contribution in [3.63, 3.8) is 0 Å². The Labute approximate surface area is 125 Å². The molecule has 0 spiro atoms. The number of hydrogen-bond donors (Lipinski definition) is 1. The maximum atomic E-state index is 9.57. The summed E-state index contributed by atoms with van der Waals surface area (Å²) in [5.74, 6) is 0.251. The Kier molecular flexibility index (Phi) is 4.69. The number of aryl methyl sites for hydroxylation is 1. The molecule has 3 heteroatoms. The average molecular weight is 290 g/mol. The van der Waals surface area contributed by atoms with Gasteiger partial charge in [0.15, 0.2) is 0 Å². The highest BCUT2D eigenvalue weighted by atomic mass is 35.5. The highest BCUT2D eigenvalue weighted by Gasteiger charge is 2.15. The van der Waals surface area contributed by atoms with Crippen LogP contribution in [0.15, 0.2) is 42.5 Å². The summed E-state index contributed by atoms with van der Waals surface area (Å²) in [6.45, 7) is 5.00. The van der Waals surface area contributed by atoms with Crippen LogP contribution < -0.4 is 0 Å². The number of hydrogen-bond acceptors (Lipinski definition) is 2. The molecule has 1 atom stereocenters. The normalized spacial score (nSPS) is 12.7. The largest absolute Gasteiger partial charge is 0.508 e. The molecule has 2 rings (SSSR count). The maximum Gasteiger partial charge on any atom is 0.116 e. The van der Waals surface area contributed by atoms with Crippen molar-refractivity contribution in [2.45, 2.75) is 26.4 Å². The number of aromatic hydroxyl groups is 1. The smallest absolute Gasteiger partial charge is 0.116 e. The molecule has 2 aromatic rings. The Morgan fingerprint density at radius 2 is 1.90 bits per heavy atom. The van der Waals surface area contributed by atoms with Crippen LogP contribution in [0.3, 0.4) is 0 Å². The zero-order chi connectivity index (χ0) is 14.7. The second-order valence-corrected chi connectivity index (χ2v) is 5.63. The molecule has 0 saturated heterocycles. The van der Waals surface area contributed by atoms with Gasteiger partial charge in [0.1, 0.15) is 5.75 Å². The number of halogens is 1. The number of phenols is 1. The summed E-state index contributed by atoms with van der Waals surface area (Å²) in [6.07, 6.45) is 0. The van der Waals surface area contributed by atoms with Crippen LogP contribution in [0.2, 0.25) is 5.02 Å². The molecule has 0 fully saturated rings. The first-order chi connectivity index (χ1) is 9.49. The molecule has 0 unspecified atom stereocenters. The third kappa shape index (κ3) is 3.33. The Hall–Kier alpha value is -1.51. The molecule has 0 bridgehead atoms. The summed E-state index contributed by atoms with van der Waals surface area (Å²) in [4.78, 5) is 2.23. The number of phenolic OH excluding ortho intramolecular Hbond substituents is 1. The zero-order valence-electron chi connectivity index (χ0n) is 12.1. The van der Waals surface area contributed by atoms with E-state index in [0.29, 0.717) is 11.6 Å². The minimum absolute atomic E-state index is 0.251. The van der Waals surface area contributed by atoms with Crippen LogP contribution in [-0.2, 0) is 6.54 Å². The molecule has 0 saturated carbocycles. The number of nitrogens with zero attached hydrogens (tertiary/aromatic N) is 1. The lowest BCUT2D eigenvalue weighted by Gasteiger charge is -2.26. The molecule has 0 aromatic heterocycles. The van der Waals surface area contributed by atoms with Crippen LogP contribution in [0.4, 0.5) is 0 Å². The van der Waals surface area contributed by atoms with Crippen LogP contribution in [-0.4, -0.2) is 17.1 Å². The Balaban J connectivity index is 2.17. The molecule has 0 heterocycles. The van der Waals surface area contributed by atoms with Gasteiger partial charge in [0.2, 0.25) is 0 Å². The van der Waals surface area contributed by atoms with Crippen LogP contribution in [0.5, 0.6) is 5.75 Å². The first-order valence-corrected chi connectivity index (χ1v) is 7.10. The molecule has 2 nitrogen and oxygen atoms in total. The molecule has 1 N–H and O–H groups in total. The van der Waals surface area contributed by atoms with Gasteiger partial charge < -0.3 is 5.11 Å². The Morgan fingerprint density at radius 3 is 2.60 bits per heavy atom. The fourth-order valence-electron chi connectivity index (χ4n) is 2.38. The summed E-state index contributed by atoms with van der Waals surface area (Å²) in [7, 11) is 2.07. The highest BCUT2D eigenvalue weighted by molar-refractivity contribution is 6.31. The second kappa shape index (κ2) is 6.29. The fraction of sp³-hybridized carbons (Fsp3) is 0.294. The zero-order valence-corrected chi connectivity index (χ0v) is 12.9. The van der Waals surface area contributed by atoms with Gasteiger partial charge >= 0.3 is 0 Å². The lowest BCUT2D eigenvalue weighted by atomic mass is 10.0. The highest BCUT2D eigenvalue weighted by Crippen LogP contribution is 2.27. The molecule has 20 heavy (non-hydrogen) atoms. The van der Waals surface area contributed by atoms with E-state index >= 15 is 0 Å². The van der Waals surface area contributed by atoms with E-state index in [-0.39, 0.29) is 11.8 Å². The van der Waals surface area contributed by atoms with Gasteiger partial charge in [0.05, 0.1) is 0 Å². The van der Waals surface area contributed by atoms with Crippen molar-refractivity contribution >= 4 is 11.6 Å². The van der Waals surface area contributed by atoms with E-state index in [1.165, 1.54) is 11.1 Å². The summed E-state index contributed by atoms with van der Waals surface area (Å²) < 4.78 is 0. The number of rotatable bonds is 4. The standard InChI is InChI=1S/C17H20ClNO/c1-12-6-4-5-7-16(12)13(2)19(3)11-14-10-15(20)8-9-17(14)18/h4-10,13,20H,11H2,1-3H3/t13-/m1/s1. The van der Waals surface area contributed by atoms with Crippen LogP contribution >= 0.6 is 11.6 Å². The van der Waals surface area contributed by atoms with E-state index in [0.717, 1.165) is 5.56 Å². The predicted octanol–water partition coefficient (Wildman–Crippen LogP) is 4.55. The Morgan fingerprint density at radius 1 is 1.20 bits per heavy atom. The topological polar surface area (TPSA) is 23.5 Å². The molecule has 0 aliphatic heterocycles. The van der Waals surface area contributed by atoms with Crippen molar-refractivity contribution in [2.75, 3.05) is 7.05 Å². The first-order valence-electron chi connectivity index (χ1n) is 6.72. The SMILES string of the molecule is Cc1ccccc1[C@@H](C)N(C)Cc1cc(O)ccc1Cl. The van der Waals surface area contributed by atoms with Crippen LogP contribution in [0.1, 0.15) is 29.7 Å². The van der Waals surface area contributed by atoms with E-state index in [4.69, 9.17) is 11.6 Å². The van der Waals surface area contributed by atoms with Gasteiger partial charge in [-0.15, -0.1) is 0 Å². The van der Waals surface area contributed by atoms with Crippen molar-refractivity contribution in [3.8, 4) is 5.75 Å². The number of benzene rings is 2. The van der Waals surface area contributed by atoms with Gasteiger partial charge in [-0.1, -0.05) is 35.9 Å². The molecular formula is C17H20ClNO. The van der Waals surface area contributed by atoms with E-state index in [1.807, 2.05) is 0 Å². The van der Waals surface area contributed by atoms with E-state index in [2.05, 4.69) is 50.1 Å². The molecule has 0 aliphatic rings. The third-order valence-electron chi connectivity index (χ3n) is 3.75. The predicted molar refractivity (Wildman–Crippen MR) is 84.2 cm³/mol. The van der Waals surface area contributed by atoms with Crippen molar-refractivity contribution in [1.29, 1.82) is 0 Å². The minimum Gasteiger partial charge on any atom is -0.508 e. The first kappa shape index (κ1) is 14.9. The van der Waals surface area contributed by atoms with Crippen molar-refractivity contribution in [3.05, 3.63) is 64.2 Å². The van der Waals surface area contributed by atoms with Crippen LogP contribution in [0, 0.1) is 6.92 Å². The van der Waals surface area contributed by atoms with Gasteiger partial charge in [0, 0.05) is 17.6 Å². The molecular weight excluding hydrogens is 270 g/mol. The van der Waals surface area contributed by atoms with Gasteiger partial charge in [-0.3, -0.25) is 4.90 Å². The fourth-order valence-corrected chi connectivity index (χ4v) is 2.56. The molecule has 0 aliphatic carbocycles. The quantitative estimate of drug-likeness (QED) is 0.893. The van der Waals surface area contributed by atoms with Gasteiger partial charge in [-0.05, 0) is 55.8 Å². The second-order valence-electron chi connectivity index (χ2n) is 5.22. The summed E-state index contributed by atoms with van der Waals surface area (Å²) in [6, 6.07) is 13.8. The Bertz CT molecular complexity index is 597. The van der Waals surface area contributed by atoms with Crippen molar-refractivity contribution in [1.82, 2.24) is 4.90 Å². The lowest BCUT2D eigenvalue weighted by molar-refractivity contribution is 0.252.